The predicted molar refractivity (Wildman–Crippen MR) is 76.2 cm³/mol. The van der Waals surface area contributed by atoms with Gasteiger partial charge >= 0.3 is 0 Å². The number of hydrogen-bond donors (Lipinski definition) is 2. The number of phenolic OH excluding ortho intramolecular Hbond substituents is 1. The van der Waals surface area contributed by atoms with Gasteiger partial charge in [0, 0.05) is 25.0 Å². The number of aromatic hydroxyl groups is 1. The second-order valence-electron chi connectivity index (χ2n) is 5.39. The van der Waals surface area contributed by atoms with E-state index in [4.69, 9.17) is 0 Å². The molecule has 100 valence electrons. The first-order chi connectivity index (χ1) is 9.26. The molecule has 0 bridgehead atoms. The van der Waals surface area contributed by atoms with Gasteiger partial charge in [0.15, 0.2) is 0 Å². The Kier molecular flexibility index (Phi) is 3.30. The molecule has 0 spiro atoms. The Morgan fingerprint density at radius 1 is 1.37 bits per heavy atom. The van der Waals surface area contributed by atoms with Crippen LogP contribution >= 0.6 is 0 Å². The Balaban J connectivity index is 1.74. The third-order valence-electron chi connectivity index (χ3n) is 3.81. The van der Waals surface area contributed by atoms with Gasteiger partial charge in [-0.2, -0.15) is 0 Å². The van der Waals surface area contributed by atoms with Crippen molar-refractivity contribution in [1.29, 1.82) is 0 Å². The molecule has 19 heavy (non-hydrogen) atoms. The summed E-state index contributed by atoms with van der Waals surface area (Å²) in [5.41, 5.74) is 2.49. The number of hydrogen-bond acceptors (Lipinski definition) is 2. The van der Waals surface area contributed by atoms with Crippen molar-refractivity contribution in [3.63, 3.8) is 0 Å². The van der Waals surface area contributed by atoms with E-state index >= 15 is 0 Å². The van der Waals surface area contributed by atoms with E-state index in [1.54, 1.807) is 6.07 Å². The molecule has 1 aromatic heterocycles. The third-order valence-corrected chi connectivity index (χ3v) is 3.81. The van der Waals surface area contributed by atoms with Crippen LogP contribution in [-0.4, -0.2) is 16.7 Å². The highest BCUT2D eigenvalue weighted by atomic mass is 16.3. The zero-order valence-corrected chi connectivity index (χ0v) is 11.2. The van der Waals surface area contributed by atoms with Gasteiger partial charge in [0.1, 0.15) is 5.75 Å². The van der Waals surface area contributed by atoms with E-state index in [1.807, 2.05) is 25.2 Å². The van der Waals surface area contributed by atoms with Crippen LogP contribution in [0.15, 0.2) is 42.7 Å². The van der Waals surface area contributed by atoms with Crippen LogP contribution in [0.1, 0.15) is 30.0 Å². The van der Waals surface area contributed by atoms with Gasteiger partial charge in [-0.1, -0.05) is 12.1 Å². The number of phenols is 1. The van der Waals surface area contributed by atoms with Crippen LogP contribution in [0.4, 0.5) is 0 Å². The standard InChI is InChI=1S/C16H20N2O/c1-17-16(13-5-6-13)14-7-8-18(11-14)10-12-3-2-4-15(19)9-12/h2-4,7-9,11,13,16-17,19H,5-6,10H2,1H3. The van der Waals surface area contributed by atoms with E-state index in [-0.39, 0.29) is 0 Å². The molecule has 1 fully saturated rings. The van der Waals surface area contributed by atoms with Crippen molar-refractivity contribution in [2.75, 3.05) is 7.05 Å². The van der Waals surface area contributed by atoms with Crippen molar-refractivity contribution < 1.29 is 5.11 Å². The van der Waals surface area contributed by atoms with E-state index in [2.05, 4.69) is 28.3 Å². The third kappa shape index (κ3) is 2.82. The van der Waals surface area contributed by atoms with E-state index in [9.17, 15) is 5.11 Å². The average molecular weight is 256 g/mol. The minimum Gasteiger partial charge on any atom is -0.508 e. The molecule has 3 nitrogen and oxygen atoms in total. The molecule has 0 aliphatic heterocycles. The van der Waals surface area contributed by atoms with Gasteiger partial charge in [0.25, 0.3) is 0 Å². The normalized spacial score (nSPS) is 16.5. The summed E-state index contributed by atoms with van der Waals surface area (Å²) < 4.78 is 2.18. The number of benzene rings is 1. The molecule has 1 unspecified atom stereocenters. The van der Waals surface area contributed by atoms with Gasteiger partial charge in [-0.05, 0) is 55.1 Å². The summed E-state index contributed by atoms with van der Waals surface area (Å²) >= 11 is 0. The van der Waals surface area contributed by atoms with Gasteiger partial charge in [0.05, 0.1) is 0 Å². The molecule has 1 aromatic carbocycles. The van der Waals surface area contributed by atoms with Crippen LogP contribution < -0.4 is 5.32 Å². The van der Waals surface area contributed by atoms with Gasteiger partial charge < -0.3 is 15.0 Å². The summed E-state index contributed by atoms with van der Waals surface area (Å²) in [4.78, 5) is 0. The minimum atomic E-state index is 0.330. The zero-order chi connectivity index (χ0) is 13.2. The summed E-state index contributed by atoms with van der Waals surface area (Å²) in [6.07, 6.45) is 7.00. The maximum absolute atomic E-state index is 9.48. The number of nitrogens with zero attached hydrogens (tertiary/aromatic N) is 1. The van der Waals surface area contributed by atoms with E-state index in [1.165, 1.54) is 18.4 Å². The van der Waals surface area contributed by atoms with Gasteiger partial charge in [-0.3, -0.25) is 0 Å². The molecule has 2 aromatic rings. The Morgan fingerprint density at radius 3 is 2.89 bits per heavy atom. The maximum Gasteiger partial charge on any atom is 0.115 e. The lowest BCUT2D eigenvalue weighted by atomic mass is 10.1. The number of aromatic nitrogens is 1. The fraction of sp³-hybridized carbons (Fsp3) is 0.375. The first-order valence-corrected chi connectivity index (χ1v) is 6.87. The molecule has 0 saturated heterocycles. The van der Waals surface area contributed by atoms with Gasteiger partial charge in [-0.15, -0.1) is 0 Å². The molecule has 2 N–H and O–H groups in total. The number of rotatable bonds is 5. The summed E-state index contributed by atoms with van der Waals surface area (Å²) in [7, 11) is 2.04. The van der Waals surface area contributed by atoms with Crippen LogP contribution in [0.2, 0.25) is 0 Å². The fourth-order valence-electron chi connectivity index (χ4n) is 2.71. The van der Waals surface area contributed by atoms with Crippen molar-refractivity contribution >= 4 is 0 Å². The van der Waals surface area contributed by atoms with Crippen LogP contribution in [0.5, 0.6) is 5.75 Å². The van der Waals surface area contributed by atoms with Crippen LogP contribution in [-0.2, 0) is 6.54 Å². The highest BCUT2D eigenvalue weighted by molar-refractivity contribution is 5.28. The molecule has 1 heterocycles. The molecule has 0 amide bonds. The molecular weight excluding hydrogens is 236 g/mol. The Bertz CT molecular complexity index is 557. The van der Waals surface area contributed by atoms with Crippen molar-refractivity contribution in [2.45, 2.75) is 25.4 Å². The SMILES string of the molecule is CNC(c1ccn(Cc2cccc(O)c2)c1)C1CC1. The van der Waals surface area contributed by atoms with Crippen LogP contribution in [0.3, 0.4) is 0 Å². The lowest BCUT2D eigenvalue weighted by Crippen LogP contribution is -2.17. The lowest BCUT2D eigenvalue weighted by Gasteiger charge is -2.13. The van der Waals surface area contributed by atoms with Crippen molar-refractivity contribution in [3.8, 4) is 5.75 Å². The smallest absolute Gasteiger partial charge is 0.115 e. The maximum atomic E-state index is 9.48. The first kappa shape index (κ1) is 12.3. The van der Waals surface area contributed by atoms with Crippen LogP contribution in [0, 0.1) is 5.92 Å². The fourth-order valence-corrected chi connectivity index (χ4v) is 2.71. The lowest BCUT2D eigenvalue weighted by molar-refractivity contribution is 0.474. The highest BCUT2D eigenvalue weighted by Crippen LogP contribution is 2.40. The van der Waals surface area contributed by atoms with E-state index < -0.39 is 0 Å². The molecule has 0 radical (unpaired) electrons. The number of nitrogens with one attached hydrogen (secondary N) is 1. The van der Waals surface area contributed by atoms with Crippen molar-refractivity contribution in [1.82, 2.24) is 9.88 Å². The molecular formula is C16H20N2O. The predicted octanol–water partition coefficient (Wildman–Crippen LogP) is 2.91. The van der Waals surface area contributed by atoms with Gasteiger partial charge in [-0.25, -0.2) is 0 Å². The Hall–Kier alpha value is -1.74. The Labute approximate surface area is 113 Å². The van der Waals surface area contributed by atoms with Gasteiger partial charge in [0.2, 0.25) is 0 Å². The molecule has 1 atom stereocenters. The van der Waals surface area contributed by atoms with E-state index in [0.29, 0.717) is 11.8 Å². The second-order valence-corrected chi connectivity index (χ2v) is 5.39. The van der Waals surface area contributed by atoms with Crippen molar-refractivity contribution in [3.05, 3.63) is 53.9 Å². The second kappa shape index (κ2) is 5.10. The van der Waals surface area contributed by atoms with E-state index in [0.717, 1.165) is 18.0 Å². The summed E-state index contributed by atoms with van der Waals surface area (Å²) in [5, 5.41) is 12.9. The summed E-state index contributed by atoms with van der Waals surface area (Å²) in [6.45, 7) is 0.801. The largest absolute Gasteiger partial charge is 0.508 e. The summed E-state index contributed by atoms with van der Waals surface area (Å²) in [5.74, 6) is 1.14. The first-order valence-electron chi connectivity index (χ1n) is 6.87. The van der Waals surface area contributed by atoms with Crippen molar-refractivity contribution in [2.24, 2.45) is 5.92 Å². The quantitative estimate of drug-likeness (QED) is 0.863. The molecule has 1 aliphatic carbocycles. The van der Waals surface area contributed by atoms with Crippen LogP contribution in [0.25, 0.3) is 0 Å². The highest BCUT2D eigenvalue weighted by Gasteiger charge is 2.31. The average Bonchev–Trinajstić information content (AvgIpc) is 3.12. The summed E-state index contributed by atoms with van der Waals surface area (Å²) in [6, 6.07) is 10.1. The minimum absolute atomic E-state index is 0.330. The molecule has 3 rings (SSSR count). The topological polar surface area (TPSA) is 37.2 Å². The Morgan fingerprint density at radius 2 is 2.21 bits per heavy atom. The molecule has 1 aliphatic rings. The molecule has 3 heteroatoms. The zero-order valence-electron chi connectivity index (χ0n) is 11.2. The molecule has 1 saturated carbocycles. The monoisotopic (exact) mass is 256 g/mol.